The Kier molecular flexibility index (Phi) is 5.58. The molecule has 4 heteroatoms. The van der Waals surface area contributed by atoms with Crippen LogP contribution in [0.1, 0.15) is 35.2 Å². The lowest BCUT2D eigenvalue weighted by atomic mass is 9.95. The van der Waals surface area contributed by atoms with Crippen molar-refractivity contribution in [3.05, 3.63) is 83.9 Å². The van der Waals surface area contributed by atoms with Gasteiger partial charge in [-0.3, -0.25) is 4.79 Å². The summed E-state index contributed by atoms with van der Waals surface area (Å²) in [5, 5.41) is 12.4. The molecule has 0 radical (unpaired) electrons. The highest BCUT2D eigenvalue weighted by Gasteiger charge is 2.15. The van der Waals surface area contributed by atoms with Crippen molar-refractivity contribution >= 4 is 17.3 Å². The summed E-state index contributed by atoms with van der Waals surface area (Å²) in [4.78, 5) is 15.4. The topological polar surface area (TPSA) is 56.1 Å². The van der Waals surface area contributed by atoms with Crippen LogP contribution in [0.25, 0.3) is 11.1 Å². The first kappa shape index (κ1) is 18.8. The number of carbonyl (C=O) groups is 1. The minimum absolute atomic E-state index is 0.181. The van der Waals surface area contributed by atoms with Crippen molar-refractivity contribution in [3.63, 3.8) is 0 Å². The second-order valence-corrected chi connectivity index (χ2v) is 7.25. The maximum absolute atomic E-state index is 13.0. The predicted molar refractivity (Wildman–Crippen MR) is 117 cm³/mol. The van der Waals surface area contributed by atoms with Crippen LogP contribution < -0.4 is 10.2 Å². The number of hydrogen-bond donors (Lipinski definition) is 1. The van der Waals surface area contributed by atoms with Crippen LogP contribution in [0.15, 0.2) is 72.8 Å². The molecule has 144 valence electrons. The standard InChI is InChI=1S/C25H23N3O/c26-18-19-8-2-3-9-22(19)23-10-4-5-11-24(23)25(29)27-20-12-14-21(15-13-20)28-16-6-1-7-17-28/h2-5,8-15H,1,6-7,16-17H2,(H,27,29). The summed E-state index contributed by atoms with van der Waals surface area (Å²) in [6.45, 7) is 2.19. The highest BCUT2D eigenvalue weighted by Crippen LogP contribution is 2.28. The van der Waals surface area contributed by atoms with E-state index >= 15 is 0 Å². The number of nitriles is 1. The zero-order valence-electron chi connectivity index (χ0n) is 16.3. The lowest BCUT2D eigenvalue weighted by Gasteiger charge is -2.28. The fourth-order valence-corrected chi connectivity index (χ4v) is 3.84. The Morgan fingerprint density at radius 1 is 0.828 bits per heavy atom. The summed E-state index contributed by atoms with van der Waals surface area (Å²) < 4.78 is 0. The van der Waals surface area contributed by atoms with Gasteiger partial charge in [0.2, 0.25) is 0 Å². The van der Waals surface area contributed by atoms with E-state index in [1.54, 1.807) is 12.1 Å². The molecule has 0 bridgehead atoms. The second kappa shape index (κ2) is 8.62. The molecule has 0 aliphatic carbocycles. The fourth-order valence-electron chi connectivity index (χ4n) is 3.84. The van der Waals surface area contributed by atoms with E-state index in [4.69, 9.17) is 0 Å². The third kappa shape index (κ3) is 4.14. The van der Waals surface area contributed by atoms with Crippen LogP contribution in [0.4, 0.5) is 11.4 Å². The van der Waals surface area contributed by atoms with E-state index in [0.29, 0.717) is 11.1 Å². The van der Waals surface area contributed by atoms with Gasteiger partial charge in [-0.1, -0.05) is 36.4 Å². The molecule has 4 nitrogen and oxygen atoms in total. The third-order valence-corrected chi connectivity index (χ3v) is 5.36. The van der Waals surface area contributed by atoms with E-state index in [0.717, 1.165) is 29.9 Å². The van der Waals surface area contributed by atoms with Crippen LogP contribution >= 0.6 is 0 Å². The number of hydrogen-bond acceptors (Lipinski definition) is 3. The molecule has 0 atom stereocenters. The summed E-state index contributed by atoms with van der Waals surface area (Å²) >= 11 is 0. The Morgan fingerprint density at radius 3 is 2.21 bits per heavy atom. The summed E-state index contributed by atoms with van der Waals surface area (Å²) in [5.74, 6) is -0.181. The molecule has 1 saturated heterocycles. The molecule has 4 rings (SSSR count). The van der Waals surface area contributed by atoms with Gasteiger partial charge in [-0.2, -0.15) is 5.26 Å². The predicted octanol–water partition coefficient (Wildman–Crippen LogP) is 5.47. The van der Waals surface area contributed by atoms with E-state index in [2.05, 4.69) is 28.4 Å². The molecule has 1 aliphatic rings. The van der Waals surface area contributed by atoms with Gasteiger partial charge in [-0.05, 0) is 61.2 Å². The molecule has 1 N–H and O–H groups in total. The Hall–Kier alpha value is -3.58. The number of anilines is 2. The molecule has 3 aromatic carbocycles. The van der Waals surface area contributed by atoms with E-state index in [1.165, 1.54) is 24.9 Å². The van der Waals surface area contributed by atoms with Gasteiger partial charge in [-0.25, -0.2) is 0 Å². The lowest BCUT2D eigenvalue weighted by Crippen LogP contribution is -2.29. The maximum atomic E-state index is 13.0. The van der Waals surface area contributed by atoms with Crippen molar-refractivity contribution < 1.29 is 4.79 Å². The average Bonchev–Trinajstić information content (AvgIpc) is 2.80. The van der Waals surface area contributed by atoms with Gasteiger partial charge in [-0.15, -0.1) is 0 Å². The molecule has 0 unspecified atom stereocenters. The van der Waals surface area contributed by atoms with Gasteiger partial charge >= 0.3 is 0 Å². The summed E-state index contributed by atoms with van der Waals surface area (Å²) in [6, 6.07) is 25.0. The Bertz CT molecular complexity index is 1040. The van der Waals surface area contributed by atoms with Crippen LogP contribution in [0.5, 0.6) is 0 Å². The van der Waals surface area contributed by atoms with Gasteiger partial charge in [0.15, 0.2) is 0 Å². The SMILES string of the molecule is N#Cc1ccccc1-c1ccccc1C(=O)Nc1ccc(N2CCCCC2)cc1. The van der Waals surface area contributed by atoms with Crippen molar-refractivity contribution in [3.8, 4) is 17.2 Å². The molecule has 29 heavy (non-hydrogen) atoms. The Balaban J connectivity index is 1.56. The molecule has 3 aromatic rings. The number of nitrogens with zero attached hydrogens (tertiary/aromatic N) is 2. The third-order valence-electron chi connectivity index (χ3n) is 5.36. The van der Waals surface area contributed by atoms with Crippen molar-refractivity contribution in [2.45, 2.75) is 19.3 Å². The average molecular weight is 381 g/mol. The zero-order chi connectivity index (χ0) is 20.1. The first-order valence-electron chi connectivity index (χ1n) is 10.0. The van der Waals surface area contributed by atoms with Gasteiger partial charge in [0, 0.05) is 35.6 Å². The number of carbonyl (C=O) groups excluding carboxylic acids is 1. The molecular weight excluding hydrogens is 358 g/mol. The molecule has 1 amide bonds. The largest absolute Gasteiger partial charge is 0.372 e. The zero-order valence-corrected chi connectivity index (χ0v) is 16.3. The van der Waals surface area contributed by atoms with Crippen molar-refractivity contribution in [2.75, 3.05) is 23.3 Å². The first-order chi connectivity index (χ1) is 14.3. The molecule has 0 spiro atoms. The molecule has 1 heterocycles. The van der Waals surface area contributed by atoms with Crippen LogP contribution in [0.3, 0.4) is 0 Å². The Labute approximate surface area is 171 Å². The van der Waals surface area contributed by atoms with Gasteiger partial charge in [0.05, 0.1) is 11.6 Å². The number of rotatable bonds is 4. The highest BCUT2D eigenvalue weighted by molar-refractivity contribution is 6.09. The van der Waals surface area contributed by atoms with Gasteiger partial charge in [0.25, 0.3) is 5.91 Å². The van der Waals surface area contributed by atoms with Gasteiger partial charge < -0.3 is 10.2 Å². The lowest BCUT2D eigenvalue weighted by molar-refractivity contribution is 0.102. The van der Waals surface area contributed by atoms with E-state index in [9.17, 15) is 10.1 Å². The quantitative estimate of drug-likeness (QED) is 0.652. The van der Waals surface area contributed by atoms with Crippen molar-refractivity contribution in [2.24, 2.45) is 0 Å². The maximum Gasteiger partial charge on any atom is 0.256 e. The summed E-state index contributed by atoms with van der Waals surface area (Å²) in [5.41, 5.74) is 4.59. The van der Waals surface area contributed by atoms with E-state index in [1.807, 2.05) is 48.5 Å². The van der Waals surface area contributed by atoms with Crippen molar-refractivity contribution in [1.29, 1.82) is 5.26 Å². The molecule has 0 aromatic heterocycles. The molecule has 1 aliphatic heterocycles. The number of nitrogens with one attached hydrogen (secondary N) is 1. The van der Waals surface area contributed by atoms with Crippen LogP contribution in [0.2, 0.25) is 0 Å². The first-order valence-corrected chi connectivity index (χ1v) is 10.0. The van der Waals surface area contributed by atoms with Gasteiger partial charge in [0.1, 0.15) is 0 Å². The van der Waals surface area contributed by atoms with Crippen molar-refractivity contribution in [1.82, 2.24) is 0 Å². The highest BCUT2D eigenvalue weighted by atomic mass is 16.1. The number of amides is 1. The second-order valence-electron chi connectivity index (χ2n) is 7.25. The smallest absolute Gasteiger partial charge is 0.256 e. The normalized spacial score (nSPS) is 13.6. The molecular formula is C25H23N3O. The van der Waals surface area contributed by atoms with Crippen LogP contribution in [-0.4, -0.2) is 19.0 Å². The Morgan fingerprint density at radius 2 is 1.48 bits per heavy atom. The van der Waals surface area contributed by atoms with Crippen LogP contribution in [0, 0.1) is 11.3 Å². The number of piperidine rings is 1. The van der Waals surface area contributed by atoms with Crippen LogP contribution in [-0.2, 0) is 0 Å². The molecule has 1 fully saturated rings. The summed E-state index contributed by atoms with van der Waals surface area (Å²) in [7, 11) is 0. The summed E-state index contributed by atoms with van der Waals surface area (Å²) in [6.07, 6.45) is 3.78. The van der Waals surface area contributed by atoms with E-state index in [-0.39, 0.29) is 5.91 Å². The monoisotopic (exact) mass is 381 g/mol. The number of benzene rings is 3. The van der Waals surface area contributed by atoms with E-state index < -0.39 is 0 Å². The fraction of sp³-hybridized carbons (Fsp3) is 0.200. The molecule has 0 saturated carbocycles. The minimum Gasteiger partial charge on any atom is -0.372 e. The minimum atomic E-state index is -0.181.